The second kappa shape index (κ2) is 5.84. The van der Waals surface area contributed by atoms with Crippen molar-refractivity contribution < 1.29 is 17.6 Å². The lowest BCUT2D eigenvalue weighted by Crippen LogP contribution is -2.41. The number of rotatable bonds is 4. The molecule has 7 nitrogen and oxygen atoms in total. The summed E-state index contributed by atoms with van der Waals surface area (Å²) in [6.07, 6.45) is 2.00. The molecule has 0 aromatic carbocycles. The van der Waals surface area contributed by atoms with Gasteiger partial charge in [-0.3, -0.25) is 9.89 Å². The van der Waals surface area contributed by atoms with Gasteiger partial charge in [0.15, 0.2) is 15.6 Å². The summed E-state index contributed by atoms with van der Waals surface area (Å²) in [5, 5.41) is 6.98. The predicted molar refractivity (Wildman–Crippen MR) is 84.8 cm³/mol. The van der Waals surface area contributed by atoms with Crippen molar-refractivity contribution in [3.63, 3.8) is 0 Å². The van der Waals surface area contributed by atoms with Gasteiger partial charge in [0, 0.05) is 18.3 Å². The van der Waals surface area contributed by atoms with E-state index < -0.39 is 9.84 Å². The molecule has 1 atom stereocenters. The van der Waals surface area contributed by atoms with E-state index in [9.17, 15) is 13.2 Å². The third-order valence-electron chi connectivity index (χ3n) is 4.17. The van der Waals surface area contributed by atoms with Crippen LogP contribution in [0.15, 0.2) is 22.8 Å². The van der Waals surface area contributed by atoms with Gasteiger partial charge in [-0.05, 0) is 32.4 Å². The van der Waals surface area contributed by atoms with Gasteiger partial charge >= 0.3 is 0 Å². The fraction of sp³-hybridized carbons (Fsp3) is 0.467. The molecule has 1 amide bonds. The van der Waals surface area contributed by atoms with Crippen LogP contribution in [-0.2, 0) is 9.84 Å². The summed E-state index contributed by atoms with van der Waals surface area (Å²) >= 11 is 0. The maximum Gasteiger partial charge on any atom is 0.258 e. The smallest absolute Gasteiger partial charge is 0.258 e. The summed E-state index contributed by atoms with van der Waals surface area (Å²) in [7, 11) is -3.05. The van der Waals surface area contributed by atoms with E-state index in [1.165, 1.54) is 6.26 Å². The van der Waals surface area contributed by atoms with Crippen LogP contribution in [0.2, 0.25) is 0 Å². The molecule has 3 heterocycles. The average Bonchev–Trinajstić information content (AvgIpc) is 3.19. The van der Waals surface area contributed by atoms with E-state index in [-0.39, 0.29) is 23.5 Å². The first-order chi connectivity index (χ1) is 10.9. The molecular formula is C15H19N3O4S. The zero-order chi connectivity index (χ0) is 16.6. The fourth-order valence-electron chi connectivity index (χ4n) is 3.01. The van der Waals surface area contributed by atoms with E-state index in [0.29, 0.717) is 35.7 Å². The number of sulfone groups is 1. The first kappa shape index (κ1) is 15.8. The third kappa shape index (κ3) is 2.90. The Hall–Kier alpha value is -2.09. The first-order valence-electron chi connectivity index (χ1n) is 7.53. The van der Waals surface area contributed by atoms with Gasteiger partial charge in [-0.25, -0.2) is 8.42 Å². The normalized spacial score (nSPS) is 19.8. The summed E-state index contributed by atoms with van der Waals surface area (Å²) in [6, 6.07) is 3.19. The molecule has 1 fully saturated rings. The monoisotopic (exact) mass is 337 g/mol. The lowest BCUT2D eigenvalue weighted by atomic mass is 10.1. The summed E-state index contributed by atoms with van der Waals surface area (Å²) in [5.74, 6) is 0.455. The number of H-pyrrole nitrogens is 1. The quantitative estimate of drug-likeness (QED) is 0.914. The van der Waals surface area contributed by atoms with Gasteiger partial charge in [-0.15, -0.1) is 0 Å². The topological polar surface area (TPSA) is 96.3 Å². The van der Waals surface area contributed by atoms with Crippen LogP contribution in [0.3, 0.4) is 0 Å². The van der Waals surface area contributed by atoms with Gasteiger partial charge in [0.05, 0.1) is 23.3 Å². The Morgan fingerprint density at radius 3 is 2.87 bits per heavy atom. The Morgan fingerprint density at radius 1 is 1.52 bits per heavy atom. The molecular weight excluding hydrogens is 318 g/mol. The molecule has 1 aliphatic heterocycles. The van der Waals surface area contributed by atoms with Crippen LogP contribution in [0.1, 0.15) is 29.4 Å². The van der Waals surface area contributed by atoms with E-state index in [0.717, 1.165) is 0 Å². The van der Waals surface area contributed by atoms with Crippen LogP contribution in [-0.4, -0.2) is 53.5 Å². The molecule has 1 aliphatic rings. The molecule has 1 saturated heterocycles. The number of aromatic nitrogens is 2. The van der Waals surface area contributed by atoms with Gasteiger partial charge < -0.3 is 9.32 Å². The number of carbonyl (C=O) groups excluding carboxylic acids is 1. The highest BCUT2D eigenvalue weighted by Crippen LogP contribution is 2.27. The van der Waals surface area contributed by atoms with Gasteiger partial charge in [0.2, 0.25) is 0 Å². The summed E-state index contributed by atoms with van der Waals surface area (Å²) in [5.41, 5.74) is 1.53. The zero-order valence-corrected chi connectivity index (χ0v) is 13.9. The number of nitrogens with zero attached hydrogens (tertiary/aromatic N) is 2. The summed E-state index contributed by atoms with van der Waals surface area (Å²) in [4.78, 5) is 14.6. The number of aromatic amines is 1. The maximum atomic E-state index is 13.0. The Labute approximate surface area is 134 Å². The van der Waals surface area contributed by atoms with E-state index in [2.05, 4.69) is 10.2 Å². The minimum atomic E-state index is -3.05. The molecule has 23 heavy (non-hydrogen) atoms. The number of nitrogens with one attached hydrogen (secondary N) is 1. The molecule has 0 aliphatic carbocycles. The van der Waals surface area contributed by atoms with Crippen molar-refractivity contribution in [1.29, 1.82) is 0 Å². The molecule has 0 radical (unpaired) electrons. The standard InChI is InChI=1S/C15H19N3O4S/c1-3-18(11-6-8-23(20,21)9-11)15(19)13-10(2)16-17-14(13)12-5-4-7-22-12/h4-5,7,11H,3,6,8-9H2,1-2H3,(H,16,17). The highest BCUT2D eigenvalue weighted by Gasteiger charge is 2.36. The van der Waals surface area contributed by atoms with E-state index in [4.69, 9.17) is 4.42 Å². The predicted octanol–water partition coefficient (Wildman–Crippen LogP) is 1.63. The summed E-state index contributed by atoms with van der Waals surface area (Å²) < 4.78 is 28.8. The fourth-order valence-corrected chi connectivity index (χ4v) is 4.75. The second-order valence-electron chi connectivity index (χ2n) is 5.70. The lowest BCUT2D eigenvalue weighted by Gasteiger charge is -2.27. The lowest BCUT2D eigenvalue weighted by molar-refractivity contribution is 0.0708. The molecule has 0 bridgehead atoms. The molecule has 2 aromatic heterocycles. The van der Waals surface area contributed by atoms with Gasteiger partial charge in [0.1, 0.15) is 5.69 Å². The van der Waals surface area contributed by atoms with Crippen molar-refractivity contribution >= 4 is 15.7 Å². The van der Waals surface area contributed by atoms with Gasteiger partial charge in [0.25, 0.3) is 5.91 Å². The highest BCUT2D eigenvalue weighted by molar-refractivity contribution is 7.91. The Morgan fingerprint density at radius 2 is 2.30 bits per heavy atom. The third-order valence-corrected chi connectivity index (χ3v) is 5.92. The number of hydrogen-bond donors (Lipinski definition) is 1. The maximum absolute atomic E-state index is 13.0. The number of carbonyl (C=O) groups is 1. The average molecular weight is 337 g/mol. The number of hydrogen-bond acceptors (Lipinski definition) is 5. The molecule has 0 spiro atoms. The van der Waals surface area contributed by atoms with Crippen LogP contribution in [0.5, 0.6) is 0 Å². The summed E-state index contributed by atoms with van der Waals surface area (Å²) in [6.45, 7) is 4.07. The molecule has 8 heteroatoms. The van der Waals surface area contributed by atoms with Crippen molar-refractivity contribution in [2.75, 3.05) is 18.1 Å². The molecule has 2 aromatic rings. The Balaban J connectivity index is 1.95. The molecule has 3 rings (SSSR count). The second-order valence-corrected chi connectivity index (χ2v) is 7.93. The van der Waals surface area contributed by atoms with E-state index in [1.807, 2.05) is 6.92 Å². The minimum Gasteiger partial charge on any atom is -0.463 e. The van der Waals surface area contributed by atoms with Crippen molar-refractivity contribution in [1.82, 2.24) is 15.1 Å². The van der Waals surface area contributed by atoms with Crippen LogP contribution in [0.4, 0.5) is 0 Å². The van der Waals surface area contributed by atoms with Crippen LogP contribution in [0, 0.1) is 6.92 Å². The van der Waals surface area contributed by atoms with Gasteiger partial charge in [-0.1, -0.05) is 0 Å². The van der Waals surface area contributed by atoms with Crippen molar-refractivity contribution in [3.05, 3.63) is 29.7 Å². The van der Waals surface area contributed by atoms with Gasteiger partial charge in [-0.2, -0.15) is 5.10 Å². The van der Waals surface area contributed by atoms with Crippen molar-refractivity contribution in [2.45, 2.75) is 26.3 Å². The zero-order valence-electron chi connectivity index (χ0n) is 13.1. The molecule has 0 saturated carbocycles. The highest BCUT2D eigenvalue weighted by atomic mass is 32.2. The van der Waals surface area contributed by atoms with Crippen LogP contribution in [0.25, 0.3) is 11.5 Å². The van der Waals surface area contributed by atoms with E-state index in [1.54, 1.807) is 24.0 Å². The van der Waals surface area contributed by atoms with Crippen molar-refractivity contribution in [3.8, 4) is 11.5 Å². The molecule has 1 unspecified atom stereocenters. The molecule has 124 valence electrons. The van der Waals surface area contributed by atoms with Crippen molar-refractivity contribution in [2.24, 2.45) is 0 Å². The number of amides is 1. The SMILES string of the molecule is CCN(C(=O)c1c(-c2ccco2)n[nH]c1C)C1CCS(=O)(=O)C1. The molecule has 1 N–H and O–H groups in total. The Kier molecular flexibility index (Phi) is 4.01. The minimum absolute atomic E-state index is 0.0273. The number of aryl methyl sites for hydroxylation is 1. The number of furan rings is 1. The Bertz CT molecular complexity index is 808. The largest absolute Gasteiger partial charge is 0.463 e. The van der Waals surface area contributed by atoms with Crippen LogP contribution >= 0.6 is 0 Å². The van der Waals surface area contributed by atoms with E-state index >= 15 is 0 Å². The first-order valence-corrected chi connectivity index (χ1v) is 9.35. The van der Waals surface area contributed by atoms with Crippen LogP contribution < -0.4 is 0 Å².